The first-order valence-electron chi connectivity index (χ1n) is 14.0. The summed E-state index contributed by atoms with van der Waals surface area (Å²) in [5, 5.41) is 4.99. The Balaban J connectivity index is 1.33. The van der Waals surface area contributed by atoms with E-state index in [4.69, 9.17) is 4.74 Å². The maximum Gasteiger partial charge on any atom is 0.272 e. The number of benzene rings is 4. The van der Waals surface area contributed by atoms with Crippen molar-refractivity contribution in [3.8, 4) is 5.75 Å². The van der Waals surface area contributed by atoms with Crippen LogP contribution in [0.15, 0.2) is 108 Å². The van der Waals surface area contributed by atoms with Gasteiger partial charge in [-0.05, 0) is 91.2 Å². The molecule has 2 N–H and O–H groups in total. The van der Waals surface area contributed by atoms with E-state index in [1.165, 1.54) is 16.7 Å². The number of thioether (sulfide) groups is 1. The molecule has 0 bridgehead atoms. The van der Waals surface area contributed by atoms with Crippen molar-refractivity contribution in [2.75, 3.05) is 17.3 Å². The van der Waals surface area contributed by atoms with Gasteiger partial charge in [-0.2, -0.15) is 0 Å². The number of imide groups is 1. The molecule has 222 valence electrons. The van der Waals surface area contributed by atoms with Gasteiger partial charge < -0.3 is 15.4 Å². The maximum atomic E-state index is 13.5. The number of nitrogens with one attached hydrogen (secondary N) is 2. The molecule has 1 saturated heterocycles. The van der Waals surface area contributed by atoms with Crippen molar-refractivity contribution in [3.05, 3.63) is 125 Å². The summed E-state index contributed by atoms with van der Waals surface area (Å²) in [4.78, 5) is 54.5. The minimum Gasteiger partial charge on any atom is -0.497 e. The Hall–Kier alpha value is -5.15. The van der Waals surface area contributed by atoms with Gasteiger partial charge in [0.15, 0.2) is 0 Å². The normalized spacial score (nSPS) is 14.8. The number of carbonyl (C=O) groups excluding carboxylic acids is 4. The van der Waals surface area contributed by atoms with Gasteiger partial charge in [0, 0.05) is 22.6 Å². The molecule has 4 amide bonds. The van der Waals surface area contributed by atoms with Crippen molar-refractivity contribution < 1.29 is 23.9 Å². The van der Waals surface area contributed by atoms with E-state index in [1.54, 1.807) is 92.0 Å². The third kappa shape index (κ3) is 7.07. The largest absolute Gasteiger partial charge is 0.497 e. The molecule has 44 heavy (non-hydrogen) atoms. The van der Waals surface area contributed by atoms with E-state index in [0.29, 0.717) is 33.1 Å². The van der Waals surface area contributed by atoms with E-state index < -0.39 is 17.1 Å². The molecule has 0 spiro atoms. The number of rotatable bonds is 9. The lowest BCUT2D eigenvalue weighted by atomic mass is 10.1. The second-order valence-electron chi connectivity index (χ2n) is 10.3. The zero-order valence-corrected chi connectivity index (χ0v) is 25.3. The molecule has 1 heterocycles. The quantitative estimate of drug-likeness (QED) is 0.175. The maximum absolute atomic E-state index is 13.5. The van der Waals surface area contributed by atoms with Crippen LogP contribution < -0.4 is 20.3 Å². The molecule has 0 aliphatic carbocycles. The highest BCUT2D eigenvalue weighted by Gasteiger charge is 2.40. The third-order valence-electron chi connectivity index (χ3n) is 7.18. The first kappa shape index (κ1) is 30.3. The fourth-order valence-electron chi connectivity index (χ4n) is 4.65. The van der Waals surface area contributed by atoms with Gasteiger partial charge in [0.25, 0.3) is 11.8 Å². The van der Waals surface area contributed by atoms with E-state index in [-0.39, 0.29) is 23.9 Å². The van der Waals surface area contributed by atoms with Crippen molar-refractivity contribution in [2.24, 2.45) is 0 Å². The van der Waals surface area contributed by atoms with Gasteiger partial charge in [0.1, 0.15) is 11.4 Å². The fourth-order valence-corrected chi connectivity index (χ4v) is 5.76. The van der Waals surface area contributed by atoms with Crippen LogP contribution in [0.4, 0.5) is 11.4 Å². The van der Waals surface area contributed by atoms with Crippen LogP contribution in [0.2, 0.25) is 0 Å². The molecule has 0 saturated carbocycles. The Morgan fingerprint density at radius 2 is 1.64 bits per heavy atom. The molecule has 9 heteroatoms. The summed E-state index contributed by atoms with van der Waals surface area (Å²) in [7, 11) is 1.57. The average Bonchev–Trinajstić information content (AvgIpc) is 3.30. The second kappa shape index (κ2) is 13.4. The van der Waals surface area contributed by atoms with Crippen molar-refractivity contribution in [2.45, 2.75) is 30.4 Å². The predicted octanol–water partition coefficient (Wildman–Crippen LogP) is 6.15. The van der Waals surface area contributed by atoms with Gasteiger partial charge in [-0.3, -0.25) is 19.2 Å². The molecule has 0 aromatic heterocycles. The molecule has 1 atom stereocenters. The molecule has 0 radical (unpaired) electrons. The van der Waals surface area contributed by atoms with E-state index in [2.05, 4.69) is 10.6 Å². The van der Waals surface area contributed by atoms with Crippen molar-refractivity contribution in [1.29, 1.82) is 0 Å². The summed E-state index contributed by atoms with van der Waals surface area (Å²) in [6, 6.07) is 28.3. The van der Waals surface area contributed by atoms with Crippen LogP contribution in [0.3, 0.4) is 0 Å². The molecular formula is C35H31N3O5S. The third-order valence-corrected chi connectivity index (χ3v) is 8.36. The smallest absolute Gasteiger partial charge is 0.272 e. The monoisotopic (exact) mass is 605 g/mol. The summed E-state index contributed by atoms with van der Waals surface area (Å²) in [5.41, 5.74) is 4.26. The SMILES string of the molecule is COc1ccc(/C=C(\NC(=O)c2ccccc2)C(=O)Nc2cccc(SC3CC(=O)N(c4ccc(C)c(C)c4)C3=O)c2)cc1. The summed E-state index contributed by atoms with van der Waals surface area (Å²) in [6.07, 6.45) is 1.66. The van der Waals surface area contributed by atoms with Crippen LogP contribution in [0, 0.1) is 13.8 Å². The molecule has 5 rings (SSSR count). The number of hydrogen-bond acceptors (Lipinski definition) is 6. The molecule has 8 nitrogen and oxygen atoms in total. The number of amides is 4. The lowest BCUT2D eigenvalue weighted by molar-refractivity contribution is -0.121. The average molecular weight is 606 g/mol. The standard InChI is InChI=1S/C35H31N3O5S/c1-22-12-15-27(18-23(22)2)38-32(39)21-31(35(38)42)44-29-11-7-10-26(20-29)36-34(41)30(19-24-13-16-28(43-3)17-14-24)37-33(40)25-8-5-4-6-9-25/h4-20,31H,21H2,1-3H3,(H,36,41)(H,37,40)/b30-19-. The molecule has 1 aliphatic heterocycles. The number of aryl methyl sites for hydroxylation is 2. The fraction of sp³-hybridized carbons (Fsp3) is 0.143. The molecule has 1 fully saturated rings. The van der Waals surface area contributed by atoms with Crippen molar-refractivity contribution in [3.63, 3.8) is 0 Å². The zero-order chi connectivity index (χ0) is 31.2. The summed E-state index contributed by atoms with van der Waals surface area (Å²) in [5.74, 6) is -0.813. The van der Waals surface area contributed by atoms with Crippen LogP contribution in [0.5, 0.6) is 5.75 Å². The van der Waals surface area contributed by atoms with Crippen molar-refractivity contribution >= 4 is 52.8 Å². The van der Waals surface area contributed by atoms with Crippen LogP contribution in [-0.4, -0.2) is 36.0 Å². The molecule has 4 aromatic rings. The number of anilines is 2. The number of nitrogens with zero attached hydrogens (tertiary/aromatic N) is 1. The first-order valence-corrected chi connectivity index (χ1v) is 14.8. The van der Waals surface area contributed by atoms with Gasteiger partial charge in [0.05, 0.1) is 18.0 Å². The lowest BCUT2D eigenvalue weighted by Gasteiger charge is -2.16. The Labute approximate surface area is 260 Å². The minimum absolute atomic E-state index is 0.0441. The van der Waals surface area contributed by atoms with Crippen LogP contribution in [0.1, 0.15) is 33.5 Å². The highest BCUT2D eigenvalue weighted by atomic mass is 32.2. The highest BCUT2D eigenvalue weighted by molar-refractivity contribution is 8.00. The minimum atomic E-state index is -0.592. The summed E-state index contributed by atoms with van der Waals surface area (Å²) >= 11 is 1.27. The lowest BCUT2D eigenvalue weighted by Crippen LogP contribution is -2.31. The topological polar surface area (TPSA) is 105 Å². The molecule has 1 unspecified atom stereocenters. The van der Waals surface area contributed by atoms with Gasteiger partial charge >= 0.3 is 0 Å². The van der Waals surface area contributed by atoms with Crippen LogP contribution in [-0.2, 0) is 14.4 Å². The van der Waals surface area contributed by atoms with Crippen LogP contribution >= 0.6 is 11.8 Å². The predicted molar refractivity (Wildman–Crippen MR) is 173 cm³/mol. The van der Waals surface area contributed by atoms with Gasteiger partial charge in [0.2, 0.25) is 11.8 Å². The summed E-state index contributed by atoms with van der Waals surface area (Å²) in [6.45, 7) is 3.92. The van der Waals surface area contributed by atoms with E-state index >= 15 is 0 Å². The summed E-state index contributed by atoms with van der Waals surface area (Å²) < 4.78 is 5.22. The number of carbonyl (C=O) groups is 4. The van der Waals surface area contributed by atoms with Gasteiger partial charge in [-0.25, -0.2) is 4.90 Å². The number of ether oxygens (including phenoxy) is 1. The van der Waals surface area contributed by atoms with Gasteiger partial charge in [-0.1, -0.05) is 42.5 Å². The Morgan fingerprint density at radius 1 is 0.886 bits per heavy atom. The van der Waals surface area contributed by atoms with E-state index in [0.717, 1.165) is 11.1 Å². The number of hydrogen-bond donors (Lipinski definition) is 2. The Kier molecular flexibility index (Phi) is 9.26. The van der Waals surface area contributed by atoms with Crippen molar-refractivity contribution in [1.82, 2.24) is 5.32 Å². The highest BCUT2D eigenvalue weighted by Crippen LogP contribution is 2.35. The van der Waals surface area contributed by atoms with Gasteiger partial charge in [-0.15, -0.1) is 11.8 Å². The zero-order valence-electron chi connectivity index (χ0n) is 24.5. The molecule has 4 aromatic carbocycles. The number of methoxy groups -OCH3 is 1. The molecule has 1 aliphatic rings. The van der Waals surface area contributed by atoms with E-state index in [1.807, 2.05) is 32.0 Å². The Morgan fingerprint density at radius 3 is 2.34 bits per heavy atom. The molecular weight excluding hydrogens is 574 g/mol. The first-order chi connectivity index (χ1) is 21.2. The van der Waals surface area contributed by atoms with E-state index in [9.17, 15) is 19.2 Å². The Bertz CT molecular complexity index is 1750. The second-order valence-corrected chi connectivity index (χ2v) is 11.6. The van der Waals surface area contributed by atoms with Crippen LogP contribution in [0.25, 0.3) is 6.08 Å².